The van der Waals surface area contributed by atoms with Crippen molar-refractivity contribution in [3.63, 3.8) is 0 Å². The molecule has 1 aliphatic rings. The molecule has 1 amide bonds. The van der Waals surface area contributed by atoms with E-state index in [0.717, 1.165) is 22.6 Å². The fourth-order valence-electron chi connectivity index (χ4n) is 2.59. The molecule has 21 heavy (non-hydrogen) atoms. The standard InChI is InChI=1S/C17H14N2O2/c1-21-14-7-5-12(6-8-14)11-19-16-4-2-3-13(10-18)15(16)9-17(19)20/h2-8H,9,11H2,1H3. The van der Waals surface area contributed by atoms with Gasteiger partial charge in [0.2, 0.25) is 5.91 Å². The number of ether oxygens (including phenoxy) is 1. The fraction of sp³-hybridized carbons (Fsp3) is 0.176. The van der Waals surface area contributed by atoms with Gasteiger partial charge in [0.15, 0.2) is 0 Å². The number of anilines is 1. The van der Waals surface area contributed by atoms with Crippen LogP contribution in [0.3, 0.4) is 0 Å². The summed E-state index contributed by atoms with van der Waals surface area (Å²) in [5, 5.41) is 9.13. The van der Waals surface area contributed by atoms with E-state index in [9.17, 15) is 4.79 Å². The SMILES string of the molecule is COc1ccc(CN2C(=O)Cc3c(C#N)cccc32)cc1. The second-order valence-corrected chi connectivity index (χ2v) is 4.92. The van der Waals surface area contributed by atoms with E-state index >= 15 is 0 Å². The number of methoxy groups -OCH3 is 1. The van der Waals surface area contributed by atoms with Crippen molar-refractivity contribution in [1.29, 1.82) is 5.26 Å². The number of amides is 1. The van der Waals surface area contributed by atoms with Crippen LogP contribution < -0.4 is 9.64 Å². The smallest absolute Gasteiger partial charge is 0.231 e. The molecule has 0 aliphatic carbocycles. The van der Waals surface area contributed by atoms with Gasteiger partial charge in [0, 0.05) is 11.3 Å². The zero-order chi connectivity index (χ0) is 14.8. The highest BCUT2D eigenvalue weighted by Crippen LogP contribution is 2.32. The maximum absolute atomic E-state index is 12.2. The molecular weight excluding hydrogens is 264 g/mol. The summed E-state index contributed by atoms with van der Waals surface area (Å²) < 4.78 is 5.13. The van der Waals surface area contributed by atoms with Crippen LogP contribution in [0.1, 0.15) is 16.7 Å². The second kappa shape index (κ2) is 5.29. The summed E-state index contributed by atoms with van der Waals surface area (Å²) >= 11 is 0. The summed E-state index contributed by atoms with van der Waals surface area (Å²) in [4.78, 5) is 14.0. The van der Waals surface area contributed by atoms with E-state index in [1.54, 1.807) is 18.1 Å². The van der Waals surface area contributed by atoms with Gasteiger partial charge in [-0.15, -0.1) is 0 Å². The highest BCUT2D eigenvalue weighted by atomic mass is 16.5. The first-order valence-corrected chi connectivity index (χ1v) is 6.68. The van der Waals surface area contributed by atoms with Crippen LogP contribution in [0, 0.1) is 11.3 Å². The predicted molar refractivity (Wildman–Crippen MR) is 79.0 cm³/mol. The largest absolute Gasteiger partial charge is 0.497 e. The van der Waals surface area contributed by atoms with E-state index in [2.05, 4.69) is 6.07 Å². The summed E-state index contributed by atoms with van der Waals surface area (Å²) in [5.74, 6) is 0.821. The van der Waals surface area contributed by atoms with Gasteiger partial charge in [-0.1, -0.05) is 18.2 Å². The minimum Gasteiger partial charge on any atom is -0.497 e. The van der Waals surface area contributed by atoms with Gasteiger partial charge in [0.1, 0.15) is 5.75 Å². The first-order valence-electron chi connectivity index (χ1n) is 6.68. The minimum atomic E-state index is 0.0310. The normalized spacial score (nSPS) is 13.0. The zero-order valence-corrected chi connectivity index (χ0v) is 11.7. The Morgan fingerprint density at radius 2 is 2.00 bits per heavy atom. The van der Waals surface area contributed by atoms with Crippen LogP contribution >= 0.6 is 0 Å². The van der Waals surface area contributed by atoms with Gasteiger partial charge < -0.3 is 9.64 Å². The minimum absolute atomic E-state index is 0.0310. The molecule has 2 aromatic rings. The Kier molecular flexibility index (Phi) is 3.33. The number of fused-ring (bicyclic) bond motifs is 1. The Labute approximate surface area is 123 Å². The van der Waals surface area contributed by atoms with Crippen LogP contribution in [0.25, 0.3) is 0 Å². The molecule has 0 spiro atoms. The maximum Gasteiger partial charge on any atom is 0.231 e. The van der Waals surface area contributed by atoms with Gasteiger partial charge in [-0.05, 0) is 29.8 Å². The molecule has 0 unspecified atom stereocenters. The van der Waals surface area contributed by atoms with Crippen molar-refractivity contribution in [2.24, 2.45) is 0 Å². The first kappa shape index (κ1) is 13.2. The second-order valence-electron chi connectivity index (χ2n) is 4.92. The monoisotopic (exact) mass is 278 g/mol. The number of rotatable bonds is 3. The third kappa shape index (κ3) is 2.34. The topological polar surface area (TPSA) is 53.3 Å². The molecule has 104 valence electrons. The highest BCUT2D eigenvalue weighted by molar-refractivity contribution is 6.02. The maximum atomic E-state index is 12.2. The van der Waals surface area contributed by atoms with E-state index in [1.807, 2.05) is 36.4 Å². The zero-order valence-electron chi connectivity index (χ0n) is 11.7. The number of carbonyl (C=O) groups excluding carboxylic acids is 1. The van der Waals surface area contributed by atoms with Crippen LogP contribution in [0.15, 0.2) is 42.5 Å². The highest BCUT2D eigenvalue weighted by Gasteiger charge is 2.29. The number of carbonyl (C=O) groups is 1. The average molecular weight is 278 g/mol. The number of hydrogen-bond acceptors (Lipinski definition) is 3. The van der Waals surface area contributed by atoms with Crippen molar-refractivity contribution in [2.45, 2.75) is 13.0 Å². The number of nitrogens with zero attached hydrogens (tertiary/aromatic N) is 2. The summed E-state index contributed by atoms with van der Waals surface area (Å²) in [5.41, 5.74) is 3.28. The summed E-state index contributed by atoms with van der Waals surface area (Å²) in [6.45, 7) is 0.505. The molecule has 2 aromatic carbocycles. The van der Waals surface area contributed by atoms with Crippen LogP contribution in [0.5, 0.6) is 5.75 Å². The molecular formula is C17H14N2O2. The number of hydrogen-bond donors (Lipinski definition) is 0. The lowest BCUT2D eigenvalue weighted by Crippen LogP contribution is -2.25. The lowest BCUT2D eigenvalue weighted by atomic mass is 10.1. The van der Waals surface area contributed by atoms with Crippen LogP contribution in [-0.4, -0.2) is 13.0 Å². The Bertz CT molecular complexity index is 729. The third-order valence-corrected chi connectivity index (χ3v) is 3.69. The van der Waals surface area contributed by atoms with Gasteiger partial charge in [0.05, 0.1) is 31.7 Å². The van der Waals surface area contributed by atoms with Crippen molar-refractivity contribution in [3.8, 4) is 11.8 Å². The Morgan fingerprint density at radius 3 is 2.67 bits per heavy atom. The fourth-order valence-corrected chi connectivity index (χ4v) is 2.59. The van der Waals surface area contributed by atoms with Crippen LogP contribution in [0.2, 0.25) is 0 Å². The molecule has 0 atom stereocenters. The molecule has 0 saturated carbocycles. The lowest BCUT2D eigenvalue weighted by Gasteiger charge is -2.17. The summed E-state index contributed by atoms with van der Waals surface area (Å²) in [6, 6.07) is 15.3. The number of benzene rings is 2. The average Bonchev–Trinajstić information content (AvgIpc) is 2.84. The molecule has 0 radical (unpaired) electrons. The van der Waals surface area contributed by atoms with Crippen molar-refractivity contribution in [1.82, 2.24) is 0 Å². The molecule has 4 heteroatoms. The van der Waals surface area contributed by atoms with Gasteiger partial charge in [0.25, 0.3) is 0 Å². The molecule has 0 saturated heterocycles. The lowest BCUT2D eigenvalue weighted by molar-refractivity contribution is -0.117. The van der Waals surface area contributed by atoms with E-state index in [0.29, 0.717) is 18.5 Å². The van der Waals surface area contributed by atoms with Crippen molar-refractivity contribution >= 4 is 11.6 Å². The molecule has 0 N–H and O–H groups in total. The molecule has 4 nitrogen and oxygen atoms in total. The molecule has 1 aliphatic heterocycles. The van der Waals surface area contributed by atoms with Crippen LogP contribution in [0.4, 0.5) is 5.69 Å². The van der Waals surface area contributed by atoms with Crippen molar-refractivity contribution in [2.75, 3.05) is 12.0 Å². The molecule has 1 heterocycles. The molecule has 3 rings (SSSR count). The van der Waals surface area contributed by atoms with Crippen molar-refractivity contribution in [3.05, 3.63) is 59.2 Å². The Balaban J connectivity index is 1.90. The van der Waals surface area contributed by atoms with Gasteiger partial charge in [-0.2, -0.15) is 5.26 Å². The molecule has 0 aromatic heterocycles. The number of nitriles is 1. The summed E-state index contributed by atoms with van der Waals surface area (Å²) in [6.07, 6.45) is 0.301. The molecule has 0 fully saturated rings. The quantitative estimate of drug-likeness (QED) is 0.867. The van der Waals surface area contributed by atoms with E-state index in [-0.39, 0.29) is 5.91 Å². The molecule has 0 bridgehead atoms. The third-order valence-electron chi connectivity index (χ3n) is 3.69. The van der Waals surface area contributed by atoms with E-state index in [1.165, 1.54) is 0 Å². The Hall–Kier alpha value is -2.80. The summed E-state index contributed by atoms with van der Waals surface area (Å²) in [7, 11) is 1.62. The van der Waals surface area contributed by atoms with E-state index in [4.69, 9.17) is 10.00 Å². The van der Waals surface area contributed by atoms with Gasteiger partial charge >= 0.3 is 0 Å². The first-order chi connectivity index (χ1) is 10.2. The van der Waals surface area contributed by atoms with Gasteiger partial charge in [-0.3, -0.25) is 4.79 Å². The Morgan fingerprint density at radius 1 is 1.24 bits per heavy atom. The predicted octanol–water partition coefficient (Wildman–Crippen LogP) is 2.66. The van der Waals surface area contributed by atoms with Crippen molar-refractivity contribution < 1.29 is 9.53 Å². The van der Waals surface area contributed by atoms with Gasteiger partial charge in [-0.25, -0.2) is 0 Å². The van der Waals surface area contributed by atoms with Crippen LogP contribution in [-0.2, 0) is 17.8 Å². The van der Waals surface area contributed by atoms with E-state index < -0.39 is 0 Å².